The number of carbonyl (C=O) groups is 1. The average molecular weight is 644 g/mol. The van der Waals surface area contributed by atoms with Crippen molar-refractivity contribution in [1.82, 2.24) is 10.3 Å². The van der Waals surface area contributed by atoms with Crippen molar-refractivity contribution in [3.05, 3.63) is 83.7 Å². The first-order chi connectivity index (χ1) is 20.8. The Morgan fingerprint density at radius 1 is 1.09 bits per heavy atom. The van der Waals surface area contributed by atoms with Crippen molar-refractivity contribution in [2.45, 2.75) is 49.2 Å². The number of ether oxygens (including phenoxy) is 2. The molecule has 2 N–H and O–H groups in total. The van der Waals surface area contributed by atoms with E-state index in [0.717, 1.165) is 18.3 Å². The van der Waals surface area contributed by atoms with E-state index in [1.807, 2.05) is 0 Å². The topological polar surface area (TPSA) is 118 Å². The lowest BCUT2D eigenvalue weighted by Gasteiger charge is -2.26. The molecule has 0 bridgehead atoms. The summed E-state index contributed by atoms with van der Waals surface area (Å²) in [6.07, 6.45) is -4.00. The fourth-order valence-corrected chi connectivity index (χ4v) is 5.67. The molecule has 0 radical (unpaired) electrons. The third-order valence-corrected chi connectivity index (χ3v) is 8.84. The Bertz CT molecular complexity index is 1500. The first-order valence-electron chi connectivity index (χ1n) is 13.5. The summed E-state index contributed by atoms with van der Waals surface area (Å²) in [6.45, 7) is -2.07. The lowest BCUT2D eigenvalue weighted by Crippen LogP contribution is -2.34. The van der Waals surface area contributed by atoms with E-state index in [1.54, 1.807) is 17.0 Å². The van der Waals surface area contributed by atoms with Gasteiger partial charge in [-0.05, 0) is 54.1 Å². The molecule has 9 nitrogen and oxygen atoms in total. The molecular weight excluding hydrogens is 613 g/mol. The predicted molar refractivity (Wildman–Crippen MR) is 149 cm³/mol. The largest absolute Gasteiger partial charge is 0.487 e. The Morgan fingerprint density at radius 3 is 2.32 bits per heavy atom. The summed E-state index contributed by atoms with van der Waals surface area (Å²) in [5.74, 6) is -0.495. The zero-order valence-corrected chi connectivity index (χ0v) is 24.2. The maximum atomic E-state index is 12.9. The van der Waals surface area contributed by atoms with Gasteiger partial charge in [0.1, 0.15) is 17.5 Å². The van der Waals surface area contributed by atoms with Gasteiger partial charge >= 0.3 is 12.8 Å². The minimum Gasteiger partial charge on any atom is -0.487 e. The van der Waals surface area contributed by atoms with Crippen LogP contribution in [0.1, 0.15) is 41.0 Å². The number of aliphatic hydroxyl groups is 1. The van der Waals surface area contributed by atoms with Crippen LogP contribution in [0.15, 0.2) is 71.8 Å². The Morgan fingerprint density at radius 2 is 1.77 bits per heavy atom. The van der Waals surface area contributed by atoms with E-state index in [0.29, 0.717) is 11.3 Å². The highest BCUT2D eigenvalue weighted by atomic mass is 32.2. The Labute approximate surface area is 250 Å². The first kappa shape index (κ1) is 33.1. The lowest BCUT2D eigenvalue weighted by molar-refractivity contribution is -0.141. The van der Waals surface area contributed by atoms with Gasteiger partial charge in [-0.25, -0.2) is 13.4 Å². The van der Waals surface area contributed by atoms with Crippen LogP contribution in [-0.4, -0.2) is 68.7 Å². The lowest BCUT2D eigenvalue weighted by atomic mass is 10.1. The second-order valence-corrected chi connectivity index (χ2v) is 12.3. The van der Waals surface area contributed by atoms with Gasteiger partial charge in [-0.1, -0.05) is 19.1 Å². The SMILES string of the molecule is CCS(=O)(=O)c1ccc([C@H](CO)NC(=O)c2ccc(N3CC(Oc4ccc(C(F)(F)F)nc4)C[C@H]3COC(F)F)cc2)cc1. The maximum absolute atomic E-state index is 12.9. The number of hydrogen-bond donors (Lipinski definition) is 2. The molecule has 1 amide bonds. The number of sulfone groups is 1. The quantitative estimate of drug-likeness (QED) is 0.275. The number of nitrogens with one attached hydrogen (secondary N) is 1. The van der Waals surface area contributed by atoms with Crippen LogP contribution >= 0.6 is 0 Å². The number of carbonyl (C=O) groups excluding carboxylic acids is 1. The highest BCUT2D eigenvalue weighted by Crippen LogP contribution is 2.31. The summed E-state index contributed by atoms with van der Waals surface area (Å²) in [5, 5.41) is 12.6. The molecule has 1 aromatic heterocycles. The minimum atomic E-state index is -4.60. The zero-order chi connectivity index (χ0) is 32.1. The van der Waals surface area contributed by atoms with E-state index in [9.17, 15) is 40.3 Å². The fraction of sp³-hybridized carbons (Fsp3) is 0.379. The molecule has 1 saturated heterocycles. The number of anilines is 1. The molecule has 0 saturated carbocycles. The van der Waals surface area contributed by atoms with Crippen molar-refractivity contribution in [1.29, 1.82) is 0 Å². The van der Waals surface area contributed by atoms with Crippen LogP contribution in [-0.2, 0) is 20.8 Å². The summed E-state index contributed by atoms with van der Waals surface area (Å²) in [7, 11) is -3.41. The van der Waals surface area contributed by atoms with Gasteiger partial charge in [-0.3, -0.25) is 4.79 Å². The fourth-order valence-electron chi connectivity index (χ4n) is 4.78. The van der Waals surface area contributed by atoms with Crippen molar-refractivity contribution in [2.75, 3.05) is 30.4 Å². The molecule has 0 aliphatic carbocycles. The van der Waals surface area contributed by atoms with Gasteiger partial charge in [0.15, 0.2) is 9.84 Å². The Balaban J connectivity index is 1.44. The molecule has 4 rings (SSSR count). The number of rotatable bonds is 12. The number of alkyl halides is 5. The summed E-state index contributed by atoms with van der Waals surface area (Å²) in [5.41, 5.74) is 0.227. The van der Waals surface area contributed by atoms with E-state index in [4.69, 9.17) is 4.74 Å². The molecule has 2 heterocycles. The van der Waals surface area contributed by atoms with E-state index in [1.165, 1.54) is 43.3 Å². The molecule has 1 aliphatic heterocycles. The van der Waals surface area contributed by atoms with Crippen molar-refractivity contribution in [3.8, 4) is 5.75 Å². The highest BCUT2D eigenvalue weighted by Gasteiger charge is 2.35. The number of hydrogen-bond acceptors (Lipinski definition) is 8. The summed E-state index contributed by atoms with van der Waals surface area (Å²) in [6, 6.07) is 12.6. The second-order valence-electron chi connectivity index (χ2n) is 9.98. The van der Waals surface area contributed by atoms with Crippen LogP contribution in [0.3, 0.4) is 0 Å². The summed E-state index contributed by atoms with van der Waals surface area (Å²) >= 11 is 0. The van der Waals surface area contributed by atoms with Gasteiger partial charge in [0.05, 0.1) is 48.7 Å². The van der Waals surface area contributed by atoms with Gasteiger partial charge in [0, 0.05) is 17.7 Å². The molecule has 44 heavy (non-hydrogen) atoms. The molecule has 1 fully saturated rings. The third-order valence-electron chi connectivity index (χ3n) is 7.09. The van der Waals surface area contributed by atoms with Gasteiger partial charge in [0.25, 0.3) is 5.91 Å². The van der Waals surface area contributed by atoms with Crippen molar-refractivity contribution >= 4 is 21.4 Å². The number of halogens is 5. The summed E-state index contributed by atoms with van der Waals surface area (Å²) < 4.78 is 98.5. The van der Waals surface area contributed by atoms with E-state index in [-0.39, 0.29) is 41.5 Å². The minimum absolute atomic E-state index is 0.0652. The predicted octanol–water partition coefficient (Wildman–Crippen LogP) is 4.62. The molecule has 238 valence electrons. The van der Waals surface area contributed by atoms with E-state index < -0.39 is 59.0 Å². The Hall–Kier alpha value is -3.82. The molecular formula is C29H30F5N3O6S. The number of nitrogens with zero attached hydrogens (tertiary/aromatic N) is 2. The number of pyridine rings is 1. The van der Waals surface area contributed by atoms with Crippen LogP contribution < -0.4 is 15.0 Å². The van der Waals surface area contributed by atoms with Crippen molar-refractivity contribution < 1.29 is 49.7 Å². The maximum Gasteiger partial charge on any atom is 0.433 e. The Kier molecular flexibility index (Phi) is 10.4. The number of aliphatic hydroxyl groups excluding tert-OH is 1. The van der Waals surface area contributed by atoms with Gasteiger partial charge in [-0.2, -0.15) is 22.0 Å². The number of benzene rings is 2. The normalized spacial score (nSPS) is 18.0. The number of aromatic nitrogens is 1. The van der Waals surface area contributed by atoms with Crippen molar-refractivity contribution in [2.24, 2.45) is 0 Å². The van der Waals surface area contributed by atoms with Gasteiger partial charge < -0.3 is 24.8 Å². The van der Waals surface area contributed by atoms with Crippen LogP contribution in [0.2, 0.25) is 0 Å². The van der Waals surface area contributed by atoms with Crippen LogP contribution in [0, 0.1) is 0 Å². The standard InChI is InChI=1S/C29H30F5N3O6S/c1-2-44(40,41)24-10-5-18(6-11-24)25(16-38)36-27(39)19-3-7-20(8-4-19)37-15-23(13-21(37)17-42-28(30)31)43-22-9-12-26(35-14-22)29(32,33)34/h3-12,14,21,23,25,28,38H,2,13,15-17H2,1H3,(H,36,39)/t21-,23?,25-/m0/s1. The van der Waals surface area contributed by atoms with Crippen LogP contribution in [0.4, 0.5) is 27.6 Å². The smallest absolute Gasteiger partial charge is 0.433 e. The van der Waals surface area contributed by atoms with Gasteiger partial charge in [-0.15, -0.1) is 0 Å². The molecule has 3 aromatic rings. The van der Waals surface area contributed by atoms with Gasteiger partial charge in [0.2, 0.25) is 0 Å². The molecule has 2 aromatic carbocycles. The second kappa shape index (κ2) is 13.9. The van der Waals surface area contributed by atoms with E-state index >= 15 is 0 Å². The van der Waals surface area contributed by atoms with Crippen molar-refractivity contribution in [3.63, 3.8) is 0 Å². The van der Waals surface area contributed by atoms with Crippen LogP contribution in [0.5, 0.6) is 5.75 Å². The molecule has 3 atom stereocenters. The first-order valence-corrected chi connectivity index (χ1v) is 15.2. The molecule has 1 unspecified atom stereocenters. The molecule has 0 spiro atoms. The zero-order valence-electron chi connectivity index (χ0n) is 23.4. The molecule has 1 aliphatic rings. The highest BCUT2D eigenvalue weighted by molar-refractivity contribution is 7.91. The van der Waals surface area contributed by atoms with Crippen LogP contribution in [0.25, 0.3) is 0 Å². The average Bonchev–Trinajstić information content (AvgIpc) is 3.41. The van der Waals surface area contributed by atoms with E-state index in [2.05, 4.69) is 15.0 Å². The monoisotopic (exact) mass is 643 g/mol. The number of amides is 1. The molecule has 15 heteroatoms. The summed E-state index contributed by atoms with van der Waals surface area (Å²) in [4.78, 5) is 18.2. The third kappa shape index (κ3) is 8.21.